The maximum absolute atomic E-state index is 12.9. The lowest BCUT2D eigenvalue weighted by atomic mass is 10.0. The van der Waals surface area contributed by atoms with E-state index in [1.54, 1.807) is 9.80 Å². The summed E-state index contributed by atoms with van der Waals surface area (Å²) in [4.78, 5) is 41.9. The molecule has 1 saturated heterocycles. The molecule has 2 fully saturated rings. The molecule has 4 atom stereocenters. The fourth-order valence-electron chi connectivity index (χ4n) is 6.02. The Bertz CT molecular complexity index is 1310. The Morgan fingerprint density at radius 3 is 2.83 bits per heavy atom. The van der Waals surface area contributed by atoms with Gasteiger partial charge in [0.15, 0.2) is 0 Å². The highest BCUT2D eigenvalue weighted by molar-refractivity contribution is 7.17. The van der Waals surface area contributed by atoms with Gasteiger partial charge in [-0.1, -0.05) is 0 Å². The van der Waals surface area contributed by atoms with Crippen molar-refractivity contribution in [2.75, 3.05) is 38.1 Å². The smallest absolute Gasteiger partial charge is 0.265 e. The number of nitrogens with one attached hydrogen (secondary N) is 2. The second kappa shape index (κ2) is 9.13. The third kappa shape index (κ3) is 3.95. The van der Waals surface area contributed by atoms with Crippen molar-refractivity contribution in [3.05, 3.63) is 29.0 Å². The molecule has 0 bridgehead atoms. The van der Waals surface area contributed by atoms with E-state index in [1.165, 1.54) is 18.3 Å². The van der Waals surface area contributed by atoms with Gasteiger partial charge in [0.05, 0.1) is 23.6 Å². The molecule has 10 nitrogen and oxygen atoms in total. The SMILES string of the molecule is C[C@H](O)C(=O)N1C[C@H]2CC(Nc3c(-c4nc5c(s4)C(=O)N(CCO)CC5)cnc4[nH]ccc34)C[C@H]2C1. The molecule has 36 heavy (non-hydrogen) atoms. The Morgan fingerprint density at radius 2 is 2.11 bits per heavy atom. The Morgan fingerprint density at radius 1 is 1.33 bits per heavy atom. The molecule has 3 aromatic rings. The molecule has 1 aliphatic carbocycles. The number of amides is 2. The van der Waals surface area contributed by atoms with E-state index < -0.39 is 6.10 Å². The van der Waals surface area contributed by atoms with Crippen LogP contribution in [0.25, 0.3) is 21.6 Å². The molecule has 1 saturated carbocycles. The van der Waals surface area contributed by atoms with Gasteiger partial charge in [-0.25, -0.2) is 9.97 Å². The number of aromatic nitrogens is 3. The minimum Gasteiger partial charge on any atom is -0.395 e. The van der Waals surface area contributed by atoms with Gasteiger partial charge in [0.25, 0.3) is 11.8 Å². The van der Waals surface area contributed by atoms with Crippen molar-refractivity contribution < 1.29 is 19.8 Å². The zero-order valence-corrected chi connectivity index (χ0v) is 20.9. The van der Waals surface area contributed by atoms with Gasteiger partial charge in [0.2, 0.25) is 0 Å². The molecular formula is C25H30N6O4S. The zero-order chi connectivity index (χ0) is 25.0. The molecule has 0 aromatic carbocycles. The molecule has 2 amide bonds. The number of fused-ring (bicyclic) bond motifs is 3. The first-order chi connectivity index (χ1) is 17.4. The summed E-state index contributed by atoms with van der Waals surface area (Å²) in [6.07, 6.45) is 5.31. The van der Waals surface area contributed by atoms with Crippen LogP contribution in [0.15, 0.2) is 18.5 Å². The Kier molecular flexibility index (Phi) is 5.93. The Hall–Kier alpha value is -3.02. The number of thiazole rings is 1. The number of pyridine rings is 1. The van der Waals surface area contributed by atoms with Crippen molar-refractivity contribution in [1.29, 1.82) is 0 Å². The summed E-state index contributed by atoms with van der Waals surface area (Å²) in [5.41, 5.74) is 3.45. The predicted octanol–water partition coefficient (Wildman–Crippen LogP) is 1.71. The highest BCUT2D eigenvalue weighted by Crippen LogP contribution is 2.43. The van der Waals surface area contributed by atoms with Crippen LogP contribution in [0.1, 0.15) is 35.1 Å². The largest absolute Gasteiger partial charge is 0.395 e. The maximum atomic E-state index is 12.9. The third-order valence-electron chi connectivity index (χ3n) is 7.75. The van der Waals surface area contributed by atoms with E-state index in [-0.39, 0.29) is 24.5 Å². The number of aliphatic hydroxyl groups is 2. The van der Waals surface area contributed by atoms with Crippen molar-refractivity contribution in [1.82, 2.24) is 24.8 Å². The highest BCUT2D eigenvalue weighted by Gasteiger charge is 2.43. The summed E-state index contributed by atoms with van der Waals surface area (Å²) in [5.74, 6) is 0.581. The topological polar surface area (TPSA) is 135 Å². The molecule has 0 spiro atoms. The quantitative estimate of drug-likeness (QED) is 0.397. The van der Waals surface area contributed by atoms with Crippen LogP contribution in [0.5, 0.6) is 0 Å². The number of β-amino-alcohol motifs (C(OH)–C–C–N with tert-alkyl or cyclic N) is 1. The normalized spacial score (nSPS) is 24.3. The number of carbonyl (C=O) groups excluding carboxylic acids is 2. The lowest BCUT2D eigenvalue weighted by Crippen LogP contribution is -2.38. The number of rotatable bonds is 6. The first-order valence-corrected chi connectivity index (χ1v) is 13.3. The number of hydrogen-bond donors (Lipinski definition) is 4. The van der Waals surface area contributed by atoms with Gasteiger partial charge in [-0.15, -0.1) is 11.3 Å². The van der Waals surface area contributed by atoms with E-state index in [4.69, 9.17) is 4.98 Å². The molecule has 4 N–H and O–H groups in total. The lowest BCUT2D eigenvalue weighted by Gasteiger charge is -2.24. The van der Waals surface area contributed by atoms with Crippen molar-refractivity contribution in [3.8, 4) is 10.6 Å². The molecule has 2 aliphatic heterocycles. The molecule has 190 valence electrons. The number of aliphatic hydroxyl groups excluding tert-OH is 2. The first-order valence-electron chi connectivity index (χ1n) is 12.5. The minimum atomic E-state index is -0.953. The van der Waals surface area contributed by atoms with Crippen LogP contribution in [-0.2, 0) is 11.2 Å². The second-order valence-electron chi connectivity index (χ2n) is 10.1. The summed E-state index contributed by atoms with van der Waals surface area (Å²) in [6.45, 7) is 3.77. The van der Waals surface area contributed by atoms with Crippen LogP contribution in [0.3, 0.4) is 0 Å². The number of nitrogens with zero attached hydrogens (tertiary/aromatic N) is 4. The number of anilines is 1. The maximum Gasteiger partial charge on any atom is 0.265 e. The fourth-order valence-corrected chi connectivity index (χ4v) is 7.11. The number of H-pyrrole nitrogens is 1. The summed E-state index contributed by atoms with van der Waals surface area (Å²) < 4.78 is 0. The van der Waals surface area contributed by atoms with Gasteiger partial charge in [0, 0.05) is 56.4 Å². The minimum absolute atomic E-state index is 0.0524. The van der Waals surface area contributed by atoms with Crippen LogP contribution in [0, 0.1) is 11.8 Å². The number of carbonyl (C=O) groups is 2. The third-order valence-corrected chi connectivity index (χ3v) is 8.87. The van der Waals surface area contributed by atoms with E-state index in [0.29, 0.717) is 49.3 Å². The molecule has 6 rings (SSSR count). The van der Waals surface area contributed by atoms with Crippen LogP contribution in [0.4, 0.5) is 5.69 Å². The first kappa shape index (κ1) is 23.4. The monoisotopic (exact) mass is 510 g/mol. The summed E-state index contributed by atoms with van der Waals surface area (Å²) in [6, 6.07) is 2.26. The number of hydrogen-bond acceptors (Lipinski definition) is 8. The second-order valence-corrected chi connectivity index (χ2v) is 11.1. The van der Waals surface area contributed by atoms with E-state index in [9.17, 15) is 19.8 Å². The van der Waals surface area contributed by atoms with Crippen LogP contribution in [0.2, 0.25) is 0 Å². The fraction of sp³-hybridized carbons (Fsp3) is 0.520. The summed E-state index contributed by atoms with van der Waals surface area (Å²) in [7, 11) is 0. The van der Waals surface area contributed by atoms with Gasteiger partial charge in [-0.2, -0.15) is 0 Å². The standard InChI is InChI=1S/C25H30N6O4S/c1-13(33)24(34)31-11-14-8-16(9-15(14)12-31)28-20-17-2-4-26-22(17)27-10-18(20)23-29-19-3-5-30(6-7-32)25(35)21(19)36-23/h2,4,10,13-16,32-33H,3,5-9,11-12H2,1H3,(H2,26,27,28)/t13-,14-,15+,16?/m0/s1. The molecule has 1 unspecified atom stereocenters. The lowest BCUT2D eigenvalue weighted by molar-refractivity contribution is -0.138. The van der Waals surface area contributed by atoms with Crippen molar-refractivity contribution in [2.45, 2.75) is 38.3 Å². The van der Waals surface area contributed by atoms with Gasteiger partial charge < -0.3 is 30.3 Å². The molecule has 3 aliphatic rings. The van der Waals surface area contributed by atoms with E-state index in [0.717, 1.165) is 45.8 Å². The molecule has 5 heterocycles. The van der Waals surface area contributed by atoms with Crippen molar-refractivity contribution >= 4 is 39.9 Å². The average Bonchev–Trinajstić information content (AvgIpc) is 3.63. The Labute approximate surface area is 212 Å². The molecule has 0 radical (unpaired) electrons. The molecule has 11 heteroatoms. The van der Waals surface area contributed by atoms with E-state index in [1.807, 2.05) is 18.5 Å². The highest BCUT2D eigenvalue weighted by atomic mass is 32.1. The van der Waals surface area contributed by atoms with Crippen LogP contribution in [-0.4, -0.2) is 91.7 Å². The average molecular weight is 511 g/mol. The molecule has 3 aromatic heterocycles. The van der Waals surface area contributed by atoms with Crippen molar-refractivity contribution in [2.24, 2.45) is 11.8 Å². The zero-order valence-electron chi connectivity index (χ0n) is 20.1. The Balaban J connectivity index is 1.27. The predicted molar refractivity (Wildman–Crippen MR) is 136 cm³/mol. The van der Waals surface area contributed by atoms with E-state index >= 15 is 0 Å². The van der Waals surface area contributed by atoms with Crippen LogP contribution >= 0.6 is 11.3 Å². The van der Waals surface area contributed by atoms with Crippen molar-refractivity contribution in [3.63, 3.8) is 0 Å². The molecular weight excluding hydrogens is 480 g/mol. The summed E-state index contributed by atoms with van der Waals surface area (Å²) in [5, 5.41) is 24.5. The van der Waals surface area contributed by atoms with E-state index in [2.05, 4.69) is 15.3 Å². The number of aromatic amines is 1. The summed E-state index contributed by atoms with van der Waals surface area (Å²) >= 11 is 1.39. The van der Waals surface area contributed by atoms with Gasteiger partial charge >= 0.3 is 0 Å². The van der Waals surface area contributed by atoms with Crippen LogP contribution < -0.4 is 5.32 Å². The van der Waals surface area contributed by atoms with Gasteiger partial charge in [-0.05, 0) is 37.7 Å². The van der Waals surface area contributed by atoms with Gasteiger partial charge in [0.1, 0.15) is 21.6 Å². The number of likely N-dealkylation sites (tertiary alicyclic amines) is 1. The van der Waals surface area contributed by atoms with Gasteiger partial charge in [-0.3, -0.25) is 9.59 Å².